The maximum Gasteiger partial charge on any atom is 0.300 e. The van der Waals surface area contributed by atoms with E-state index in [-0.39, 0.29) is 0 Å². The van der Waals surface area contributed by atoms with Gasteiger partial charge >= 0.3 is 0 Å². The lowest BCUT2D eigenvalue weighted by atomic mass is 10.7. The van der Waals surface area contributed by atoms with Gasteiger partial charge in [-0.1, -0.05) is 0 Å². The molecule has 6 N–H and O–H groups in total. The molecule has 0 rings (SSSR count). The van der Waals surface area contributed by atoms with E-state index >= 15 is 0 Å². The fraction of sp³-hybridized carbons (Fsp3) is 0.700. The molecule has 0 aromatic rings. The van der Waals surface area contributed by atoms with Crippen LogP contribution in [-0.2, 0) is 19.2 Å². The largest absolute Gasteiger partial charge is 0.481 e. The SMILES string of the molecule is CC(=O)O.CC(=O)O.CC(=O)O.CCONCCN. The maximum absolute atomic E-state index is 9.00. The zero-order valence-electron chi connectivity index (χ0n) is 11.7. The molecule has 9 heteroatoms. The molecule has 0 aliphatic rings. The van der Waals surface area contributed by atoms with Gasteiger partial charge in [0.1, 0.15) is 0 Å². The molecule has 19 heavy (non-hydrogen) atoms. The van der Waals surface area contributed by atoms with Gasteiger partial charge in [-0.3, -0.25) is 14.4 Å². The molecule has 0 saturated heterocycles. The van der Waals surface area contributed by atoms with Crippen molar-refractivity contribution in [2.24, 2.45) is 5.73 Å². The van der Waals surface area contributed by atoms with Crippen LogP contribution < -0.4 is 11.2 Å². The van der Waals surface area contributed by atoms with E-state index in [1.54, 1.807) is 0 Å². The number of nitrogens with two attached hydrogens (primary N) is 1. The molecule has 0 spiro atoms. The molecule has 0 heterocycles. The van der Waals surface area contributed by atoms with E-state index in [2.05, 4.69) is 5.48 Å². The zero-order valence-corrected chi connectivity index (χ0v) is 11.7. The average Bonchev–Trinajstić information content (AvgIpc) is 2.15. The molecule has 0 fully saturated rings. The number of aliphatic carboxylic acids is 3. The topological polar surface area (TPSA) is 159 Å². The Kier molecular flexibility index (Phi) is 34.5. The first-order valence-corrected chi connectivity index (χ1v) is 5.24. The van der Waals surface area contributed by atoms with E-state index in [9.17, 15) is 0 Å². The predicted octanol–water partition coefficient (Wildman–Crippen LogP) is -0.241. The van der Waals surface area contributed by atoms with Gasteiger partial charge in [0, 0.05) is 33.9 Å². The number of nitrogens with one attached hydrogen (secondary N) is 1. The molecule has 0 aromatic carbocycles. The average molecular weight is 284 g/mol. The summed E-state index contributed by atoms with van der Waals surface area (Å²) in [5, 5.41) is 22.2. The number of carboxylic acid groups (broad SMARTS) is 3. The molecule has 0 saturated carbocycles. The van der Waals surface area contributed by atoms with Gasteiger partial charge in [-0.05, 0) is 6.92 Å². The number of rotatable bonds is 4. The second kappa shape index (κ2) is 25.2. The Labute approximate surface area is 112 Å². The summed E-state index contributed by atoms with van der Waals surface area (Å²) in [6, 6.07) is 0. The number of hydroxylamine groups is 1. The minimum absolute atomic E-state index is 0.625. The van der Waals surface area contributed by atoms with Crippen LogP contribution in [-0.4, -0.2) is 52.9 Å². The van der Waals surface area contributed by atoms with Crippen molar-refractivity contribution in [2.45, 2.75) is 27.7 Å². The molecule has 9 nitrogen and oxygen atoms in total. The van der Waals surface area contributed by atoms with Gasteiger partial charge in [-0.25, -0.2) is 5.48 Å². The second-order valence-corrected chi connectivity index (χ2v) is 2.67. The summed E-state index contributed by atoms with van der Waals surface area (Å²) in [6.07, 6.45) is 0. The van der Waals surface area contributed by atoms with Crippen LogP contribution in [0.2, 0.25) is 0 Å². The monoisotopic (exact) mass is 284 g/mol. The summed E-state index contributed by atoms with van der Waals surface area (Å²) in [7, 11) is 0. The van der Waals surface area contributed by atoms with E-state index in [0.29, 0.717) is 13.2 Å². The number of carbonyl (C=O) groups is 3. The molecule has 0 aliphatic heterocycles. The Hall–Kier alpha value is -1.71. The third-order valence-electron chi connectivity index (χ3n) is 0.493. The molecule has 0 radical (unpaired) electrons. The summed E-state index contributed by atoms with van der Waals surface area (Å²) >= 11 is 0. The van der Waals surface area contributed by atoms with Crippen molar-refractivity contribution in [1.82, 2.24) is 5.48 Å². The van der Waals surface area contributed by atoms with E-state index in [1.807, 2.05) is 6.92 Å². The minimum atomic E-state index is -0.833. The number of hydrogen-bond acceptors (Lipinski definition) is 6. The van der Waals surface area contributed by atoms with Crippen LogP contribution in [0.3, 0.4) is 0 Å². The van der Waals surface area contributed by atoms with Crippen molar-refractivity contribution in [3.05, 3.63) is 0 Å². The van der Waals surface area contributed by atoms with E-state index in [0.717, 1.165) is 27.3 Å². The first kappa shape index (κ1) is 26.0. The first-order valence-electron chi connectivity index (χ1n) is 5.24. The zero-order chi connectivity index (χ0) is 16.3. The van der Waals surface area contributed by atoms with Crippen LogP contribution in [0.25, 0.3) is 0 Å². The van der Waals surface area contributed by atoms with Gasteiger partial charge in [0.05, 0.1) is 6.61 Å². The summed E-state index contributed by atoms with van der Waals surface area (Å²) in [6.45, 7) is 7.22. The molecule has 0 aliphatic carbocycles. The van der Waals surface area contributed by atoms with Gasteiger partial charge in [0.15, 0.2) is 0 Å². The quantitative estimate of drug-likeness (QED) is 0.346. The molecular weight excluding hydrogens is 260 g/mol. The fourth-order valence-electron chi connectivity index (χ4n) is 0.233. The molecule has 116 valence electrons. The molecule has 0 amide bonds. The van der Waals surface area contributed by atoms with Crippen molar-refractivity contribution in [3.8, 4) is 0 Å². The van der Waals surface area contributed by atoms with Crippen molar-refractivity contribution < 1.29 is 34.5 Å². The Morgan fingerprint density at radius 1 is 1.00 bits per heavy atom. The smallest absolute Gasteiger partial charge is 0.300 e. The minimum Gasteiger partial charge on any atom is -0.481 e. The molecule has 0 bridgehead atoms. The van der Waals surface area contributed by atoms with Crippen molar-refractivity contribution in [3.63, 3.8) is 0 Å². The summed E-state index contributed by atoms with van der Waals surface area (Å²) in [4.78, 5) is 31.7. The first-order chi connectivity index (χ1) is 8.61. The summed E-state index contributed by atoms with van der Waals surface area (Å²) < 4.78 is 0. The van der Waals surface area contributed by atoms with Gasteiger partial charge in [-0.15, -0.1) is 0 Å². The molecule has 0 unspecified atom stereocenters. The Morgan fingerprint density at radius 2 is 1.26 bits per heavy atom. The van der Waals surface area contributed by atoms with Crippen LogP contribution >= 0.6 is 0 Å². The van der Waals surface area contributed by atoms with E-state index < -0.39 is 17.9 Å². The third kappa shape index (κ3) is 634. The van der Waals surface area contributed by atoms with Crippen LogP contribution in [0.5, 0.6) is 0 Å². The van der Waals surface area contributed by atoms with Gasteiger partial charge in [-0.2, -0.15) is 0 Å². The second-order valence-electron chi connectivity index (χ2n) is 2.67. The normalized spacial score (nSPS) is 7.42. The van der Waals surface area contributed by atoms with Crippen molar-refractivity contribution >= 4 is 17.9 Å². The van der Waals surface area contributed by atoms with Crippen LogP contribution in [0, 0.1) is 0 Å². The lowest BCUT2D eigenvalue weighted by molar-refractivity contribution is -0.135. The fourth-order valence-corrected chi connectivity index (χ4v) is 0.233. The van der Waals surface area contributed by atoms with E-state index in [4.69, 9.17) is 40.3 Å². The van der Waals surface area contributed by atoms with Crippen LogP contribution in [0.1, 0.15) is 27.7 Å². The Morgan fingerprint density at radius 3 is 1.42 bits per heavy atom. The van der Waals surface area contributed by atoms with Gasteiger partial charge in [0.2, 0.25) is 0 Å². The third-order valence-corrected chi connectivity index (χ3v) is 0.493. The van der Waals surface area contributed by atoms with Crippen LogP contribution in [0.15, 0.2) is 0 Å². The van der Waals surface area contributed by atoms with Crippen molar-refractivity contribution in [2.75, 3.05) is 19.7 Å². The highest BCUT2D eigenvalue weighted by molar-refractivity contribution is 5.63. The lowest BCUT2D eigenvalue weighted by Crippen LogP contribution is -2.22. The molecule has 0 atom stereocenters. The molecular formula is C10H24N2O7. The maximum atomic E-state index is 9.00. The standard InChI is InChI=1S/C4H12N2O.3C2H4O2/c1-2-7-6-4-3-5;3*1-2(3)4/h6H,2-5H2,1H3;3*1H3,(H,3,4). The molecule has 0 aromatic heterocycles. The Balaban J connectivity index is -0.0000000825. The summed E-state index contributed by atoms with van der Waals surface area (Å²) in [5.74, 6) is -2.50. The van der Waals surface area contributed by atoms with Gasteiger partial charge < -0.3 is 25.9 Å². The van der Waals surface area contributed by atoms with Crippen molar-refractivity contribution in [1.29, 1.82) is 0 Å². The number of hydrogen-bond donors (Lipinski definition) is 5. The van der Waals surface area contributed by atoms with E-state index in [1.165, 1.54) is 0 Å². The Bertz CT molecular complexity index is 177. The highest BCUT2D eigenvalue weighted by Crippen LogP contribution is 1.59. The number of carboxylic acids is 3. The predicted molar refractivity (Wildman–Crippen MR) is 68.6 cm³/mol. The summed E-state index contributed by atoms with van der Waals surface area (Å²) in [5.41, 5.74) is 7.79. The highest BCUT2D eigenvalue weighted by atomic mass is 16.6. The highest BCUT2D eigenvalue weighted by Gasteiger charge is 1.75. The van der Waals surface area contributed by atoms with Gasteiger partial charge in [0.25, 0.3) is 17.9 Å². The van der Waals surface area contributed by atoms with Crippen LogP contribution in [0.4, 0.5) is 0 Å². The lowest BCUT2D eigenvalue weighted by Gasteiger charge is -1.97.